The molecule has 0 saturated heterocycles. The van der Waals surface area contributed by atoms with Crippen molar-refractivity contribution in [3.63, 3.8) is 0 Å². The van der Waals surface area contributed by atoms with Gasteiger partial charge in [-0.05, 0) is 13.0 Å². The van der Waals surface area contributed by atoms with E-state index in [-0.39, 0.29) is 0 Å². The molecule has 0 unspecified atom stereocenters. The second-order valence-electron chi connectivity index (χ2n) is 2.97. The van der Waals surface area contributed by atoms with E-state index in [0.29, 0.717) is 0 Å². The Labute approximate surface area is 89.4 Å². The smallest absolute Gasteiger partial charge is 0.344 e. The fourth-order valence-corrected chi connectivity index (χ4v) is 0.974. The summed E-state index contributed by atoms with van der Waals surface area (Å²) in [6.07, 6.45) is -1.29. The van der Waals surface area contributed by atoms with E-state index in [4.69, 9.17) is 9.84 Å². The number of hydrogen-bond donors (Lipinski definition) is 1. The van der Waals surface area contributed by atoms with Gasteiger partial charge in [0, 0.05) is 12.1 Å². The third kappa shape index (κ3) is 2.66. The molecule has 7 heteroatoms. The maximum Gasteiger partial charge on any atom is 0.344 e. The fraction of sp³-hybridized carbons (Fsp3) is 0.222. The van der Waals surface area contributed by atoms with Gasteiger partial charge < -0.3 is 9.84 Å². The number of benzene rings is 1. The summed E-state index contributed by atoms with van der Waals surface area (Å²) in [5.41, 5.74) is -0.477. The van der Waals surface area contributed by atoms with Crippen molar-refractivity contribution in [1.29, 1.82) is 0 Å². The molecular weight excluding hydrogens is 221 g/mol. The van der Waals surface area contributed by atoms with E-state index >= 15 is 0 Å². The second-order valence-corrected chi connectivity index (χ2v) is 2.97. The van der Waals surface area contributed by atoms with Crippen molar-refractivity contribution in [1.82, 2.24) is 0 Å². The molecular formula is C9H8FNO5. The highest BCUT2D eigenvalue weighted by Gasteiger charge is 2.21. The first-order valence-corrected chi connectivity index (χ1v) is 4.25. The SMILES string of the molecule is C[C@@H](Oc1cc(F)ccc1[N+](=O)[O-])C(=O)O. The molecule has 0 saturated carbocycles. The number of halogens is 1. The quantitative estimate of drug-likeness (QED) is 0.625. The van der Waals surface area contributed by atoms with E-state index < -0.39 is 34.3 Å². The van der Waals surface area contributed by atoms with Crippen LogP contribution in [-0.4, -0.2) is 22.1 Å². The van der Waals surface area contributed by atoms with Gasteiger partial charge in [-0.1, -0.05) is 0 Å². The highest BCUT2D eigenvalue weighted by atomic mass is 19.1. The molecule has 0 aliphatic rings. The van der Waals surface area contributed by atoms with Crippen LogP contribution in [0.3, 0.4) is 0 Å². The number of carboxylic acids is 1. The number of carbonyl (C=O) groups is 1. The Morgan fingerprint density at radius 3 is 2.75 bits per heavy atom. The third-order valence-electron chi connectivity index (χ3n) is 1.77. The predicted molar refractivity (Wildman–Crippen MR) is 50.8 cm³/mol. The third-order valence-corrected chi connectivity index (χ3v) is 1.77. The first kappa shape index (κ1) is 11.9. The van der Waals surface area contributed by atoms with Gasteiger partial charge in [0.15, 0.2) is 6.10 Å². The molecule has 0 fully saturated rings. The van der Waals surface area contributed by atoms with Crippen LogP contribution in [-0.2, 0) is 4.79 Å². The minimum absolute atomic E-state index is 0.403. The van der Waals surface area contributed by atoms with E-state index in [2.05, 4.69) is 0 Å². The van der Waals surface area contributed by atoms with Gasteiger partial charge in [0.1, 0.15) is 5.82 Å². The van der Waals surface area contributed by atoms with E-state index in [9.17, 15) is 19.3 Å². The van der Waals surface area contributed by atoms with Crippen molar-refractivity contribution in [3.05, 3.63) is 34.1 Å². The Morgan fingerprint density at radius 1 is 1.62 bits per heavy atom. The van der Waals surface area contributed by atoms with Crippen LogP contribution in [0.15, 0.2) is 18.2 Å². The molecule has 1 N–H and O–H groups in total. The Morgan fingerprint density at radius 2 is 2.25 bits per heavy atom. The molecule has 86 valence electrons. The minimum Gasteiger partial charge on any atom is -0.479 e. The number of rotatable bonds is 4. The molecule has 0 amide bonds. The van der Waals surface area contributed by atoms with Crippen LogP contribution < -0.4 is 4.74 Å². The fourth-order valence-electron chi connectivity index (χ4n) is 0.974. The number of aliphatic carboxylic acids is 1. The predicted octanol–water partition coefficient (Wildman–Crippen LogP) is 1.59. The molecule has 1 atom stereocenters. The Bertz CT molecular complexity index is 434. The summed E-state index contributed by atoms with van der Waals surface area (Å²) in [6, 6.07) is 2.59. The Balaban J connectivity index is 3.05. The summed E-state index contributed by atoms with van der Waals surface area (Å²) in [5.74, 6) is -2.43. The Hall–Kier alpha value is -2.18. The molecule has 0 heterocycles. The molecule has 16 heavy (non-hydrogen) atoms. The summed E-state index contributed by atoms with van der Waals surface area (Å²) < 4.78 is 17.6. The minimum atomic E-state index is -1.29. The number of nitro benzene ring substituents is 1. The van der Waals surface area contributed by atoms with Crippen molar-refractivity contribution in [2.75, 3.05) is 0 Å². The first-order valence-electron chi connectivity index (χ1n) is 4.25. The molecule has 0 aliphatic heterocycles. The average molecular weight is 229 g/mol. The molecule has 1 aromatic rings. The van der Waals surface area contributed by atoms with Crippen molar-refractivity contribution < 1.29 is 24.0 Å². The maximum atomic E-state index is 12.8. The van der Waals surface area contributed by atoms with Gasteiger partial charge in [-0.15, -0.1) is 0 Å². The zero-order valence-electron chi connectivity index (χ0n) is 8.21. The van der Waals surface area contributed by atoms with E-state index in [0.717, 1.165) is 18.2 Å². The average Bonchev–Trinajstić information content (AvgIpc) is 2.16. The van der Waals surface area contributed by atoms with Crippen LogP contribution in [0.2, 0.25) is 0 Å². The molecule has 0 aliphatic carbocycles. The van der Waals surface area contributed by atoms with Gasteiger partial charge in [-0.3, -0.25) is 10.1 Å². The van der Waals surface area contributed by atoms with Gasteiger partial charge in [0.05, 0.1) is 4.92 Å². The van der Waals surface area contributed by atoms with E-state index in [1.54, 1.807) is 0 Å². The largest absolute Gasteiger partial charge is 0.479 e. The van der Waals surface area contributed by atoms with Crippen LogP contribution in [0.5, 0.6) is 5.75 Å². The Kier molecular flexibility index (Phi) is 3.39. The lowest BCUT2D eigenvalue weighted by molar-refractivity contribution is -0.386. The van der Waals surface area contributed by atoms with E-state index in [1.807, 2.05) is 0 Å². The normalized spacial score (nSPS) is 11.9. The number of ether oxygens (including phenoxy) is 1. The standard InChI is InChI=1S/C9H8FNO5/c1-5(9(12)13)16-8-4-6(10)2-3-7(8)11(14)15/h2-5H,1H3,(H,12,13)/t5-/m1/s1. The van der Waals surface area contributed by atoms with Crippen LogP contribution in [0.4, 0.5) is 10.1 Å². The van der Waals surface area contributed by atoms with Crippen LogP contribution in [0, 0.1) is 15.9 Å². The molecule has 1 aromatic carbocycles. The van der Waals surface area contributed by atoms with Gasteiger partial charge >= 0.3 is 11.7 Å². The summed E-state index contributed by atoms with van der Waals surface area (Å²) in [4.78, 5) is 20.2. The van der Waals surface area contributed by atoms with Crippen molar-refractivity contribution in [2.24, 2.45) is 0 Å². The summed E-state index contributed by atoms with van der Waals surface area (Å²) >= 11 is 0. The molecule has 0 spiro atoms. The van der Waals surface area contributed by atoms with Gasteiger partial charge in [0.2, 0.25) is 5.75 Å². The highest BCUT2D eigenvalue weighted by molar-refractivity contribution is 5.72. The van der Waals surface area contributed by atoms with Crippen molar-refractivity contribution in [3.8, 4) is 5.75 Å². The van der Waals surface area contributed by atoms with Crippen molar-refractivity contribution >= 4 is 11.7 Å². The van der Waals surface area contributed by atoms with Crippen LogP contribution in [0.1, 0.15) is 6.92 Å². The first-order chi connectivity index (χ1) is 7.41. The van der Waals surface area contributed by atoms with E-state index in [1.165, 1.54) is 6.92 Å². The van der Waals surface area contributed by atoms with Gasteiger partial charge in [0.25, 0.3) is 0 Å². The second kappa shape index (κ2) is 4.56. The zero-order chi connectivity index (χ0) is 12.3. The molecule has 1 rings (SSSR count). The number of carboxylic acid groups (broad SMARTS) is 1. The maximum absolute atomic E-state index is 12.8. The number of nitro groups is 1. The topological polar surface area (TPSA) is 89.7 Å². The monoisotopic (exact) mass is 229 g/mol. The lowest BCUT2D eigenvalue weighted by Gasteiger charge is -2.10. The zero-order valence-corrected chi connectivity index (χ0v) is 8.21. The molecule has 0 bridgehead atoms. The number of hydrogen-bond acceptors (Lipinski definition) is 4. The molecule has 6 nitrogen and oxygen atoms in total. The summed E-state index contributed by atoms with van der Waals surface area (Å²) in [7, 11) is 0. The molecule has 0 radical (unpaired) electrons. The summed E-state index contributed by atoms with van der Waals surface area (Å²) in [6.45, 7) is 1.19. The van der Waals surface area contributed by atoms with Gasteiger partial charge in [-0.2, -0.15) is 0 Å². The summed E-state index contributed by atoms with van der Waals surface area (Å²) in [5, 5.41) is 19.1. The van der Waals surface area contributed by atoms with Gasteiger partial charge in [-0.25, -0.2) is 9.18 Å². The highest BCUT2D eigenvalue weighted by Crippen LogP contribution is 2.28. The molecule has 0 aromatic heterocycles. The lowest BCUT2D eigenvalue weighted by Crippen LogP contribution is -2.23. The number of nitrogens with zero attached hydrogens (tertiary/aromatic N) is 1. The van der Waals surface area contributed by atoms with Crippen LogP contribution in [0.25, 0.3) is 0 Å². The van der Waals surface area contributed by atoms with Crippen molar-refractivity contribution in [2.45, 2.75) is 13.0 Å². The lowest BCUT2D eigenvalue weighted by atomic mass is 10.3. The van der Waals surface area contributed by atoms with Crippen LogP contribution >= 0.6 is 0 Å².